The maximum atomic E-state index is 14.9. The van der Waals surface area contributed by atoms with Crippen LogP contribution in [0.2, 0.25) is 0 Å². The van der Waals surface area contributed by atoms with Gasteiger partial charge in [0.25, 0.3) is 0 Å². The number of hydrogen-bond acceptors (Lipinski definition) is 9. The number of aliphatic imine (C=N–C) groups is 1. The van der Waals surface area contributed by atoms with Crippen molar-refractivity contribution in [2.45, 2.75) is 159 Å². The molecule has 5 saturated carbocycles. The molecule has 1 saturated heterocycles. The van der Waals surface area contributed by atoms with E-state index in [0.29, 0.717) is 24.8 Å². The number of benzene rings is 1. The van der Waals surface area contributed by atoms with Crippen LogP contribution in [0.25, 0.3) is 0 Å². The number of aryl methyl sites for hydroxylation is 1. The highest BCUT2D eigenvalue weighted by Crippen LogP contribution is 2.74. The van der Waals surface area contributed by atoms with Crippen molar-refractivity contribution in [2.75, 3.05) is 12.3 Å². The van der Waals surface area contributed by atoms with Crippen LogP contribution < -0.4 is 11.5 Å². The molecule has 17 unspecified atom stereocenters. The van der Waals surface area contributed by atoms with E-state index in [2.05, 4.69) is 73.8 Å². The molecule has 0 radical (unpaired) electrons. The first-order valence-corrected chi connectivity index (χ1v) is 28.8. The molecule has 12 heteroatoms. The van der Waals surface area contributed by atoms with Crippen LogP contribution in [-0.2, 0) is 11.2 Å². The first kappa shape index (κ1) is 47.5. The molecule has 17 atom stereocenters. The number of nitrogens with zero attached hydrogens (tertiary/aromatic N) is 3. The molecule has 8 N–H and O–H groups in total. The molecule has 1 aromatic carbocycles. The number of fused-ring (bicyclic) bond motifs is 13. The average Bonchev–Trinajstić information content (AvgIpc) is 3.93. The SMILES string of the molecule is CC1(C)CC(n2ccnc2)CSSC(CCc2ccccc2)C2CC(C3CC4CCCC5=C4C(C1=C1CCCCC51)C3O)C1(C)CC(CN=C(N)N)C3C(=CC(=O)C4CC(O)C(O)CC43C)C21O. The molecule has 4 bridgehead atoms. The summed E-state index contributed by atoms with van der Waals surface area (Å²) in [7, 11) is 3.87. The molecule has 1 aliphatic heterocycles. The first-order chi connectivity index (χ1) is 32.5. The second kappa shape index (κ2) is 17.7. The summed E-state index contributed by atoms with van der Waals surface area (Å²) in [5.41, 5.74) is 17.7. The maximum Gasteiger partial charge on any atom is 0.185 e. The number of aromatic nitrogens is 2. The summed E-state index contributed by atoms with van der Waals surface area (Å²) in [5.74, 6) is 0.332. The Morgan fingerprint density at radius 2 is 1.72 bits per heavy atom. The van der Waals surface area contributed by atoms with Gasteiger partial charge >= 0.3 is 0 Å². The van der Waals surface area contributed by atoms with E-state index in [-0.39, 0.29) is 76.8 Å². The van der Waals surface area contributed by atoms with Gasteiger partial charge in [-0.15, -0.1) is 0 Å². The molecule has 0 amide bonds. The summed E-state index contributed by atoms with van der Waals surface area (Å²) < 4.78 is 2.32. The molecule has 8 aliphatic carbocycles. The third-order valence-corrected chi connectivity index (χ3v) is 23.5. The van der Waals surface area contributed by atoms with Crippen LogP contribution in [0, 0.1) is 69.5 Å². The van der Waals surface area contributed by atoms with Crippen molar-refractivity contribution in [3.63, 3.8) is 0 Å². The van der Waals surface area contributed by atoms with Crippen LogP contribution in [0.3, 0.4) is 0 Å². The Balaban J connectivity index is 1.12. The first-order valence-electron chi connectivity index (χ1n) is 26.4. The van der Waals surface area contributed by atoms with E-state index in [1.807, 2.05) is 40.2 Å². The van der Waals surface area contributed by atoms with E-state index in [9.17, 15) is 25.2 Å². The lowest BCUT2D eigenvalue weighted by Gasteiger charge is -2.64. The smallest absolute Gasteiger partial charge is 0.185 e. The van der Waals surface area contributed by atoms with Crippen molar-refractivity contribution in [3.8, 4) is 0 Å². The number of guanidine groups is 1. The number of imidazole rings is 1. The Hall–Kier alpha value is -2.87. The molecule has 368 valence electrons. The monoisotopic (exact) mass is 964 g/mol. The second-order valence-corrected chi connectivity index (χ2v) is 27.0. The van der Waals surface area contributed by atoms with Crippen molar-refractivity contribution in [1.82, 2.24) is 9.55 Å². The van der Waals surface area contributed by atoms with Gasteiger partial charge in [-0.3, -0.25) is 9.79 Å². The molecule has 11 rings (SSSR count). The van der Waals surface area contributed by atoms with Crippen LogP contribution in [0.15, 0.2) is 88.0 Å². The normalized spacial score (nSPS) is 44.1. The molecular formula is C56H77N5O5S2. The molecule has 9 aliphatic rings. The van der Waals surface area contributed by atoms with Gasteiger partial charge in [0.2, 0.25) is 0 Å². The van der Waals surface area contributed by atoms with E-state index < -0.39 is 40.7 Å². The summed E-state index contributed by atoms with van der Waals surface area (Å²) >= 11 is 0. The number of rotatable bonds is 6. The minimum absolute atomic E-state index is 0.0111. The number of ketones is 1. The molecule has 0 spiro atoms. The second-order valence-electron chi connectivity index (χ2n) is 24.3. The molecule has 2 aromatic rings. The number of hydrogen-bond donors (Lipinski definition) is 6. The minimum Gasteiger partial charge on any atom is -0.392 e. The van der Waals surface area contributed by atoms with E-state index in [0.717, 1.165) is 62.7 Å². The summed E-state index contributed by atoms with van der Waals surface area (Å²) in [4.78, 5) is 24.2. The molecule has 1 aromatic heterocycles. The van der Waals surface area contributed by atoms with Gasteiger partial charge in [0.1, 0.15) is 0 Å². The molecular weight excluding hydrogens is 887 g/mol. The zero-order chi connectivity index (χ0) is 47.5. The standard InChI is InChI=1S/C56H77N5O5S2/c1-53(2)26-34(61-20-19-59-30-61)29-67-68-46(18-17-31-11-6-5-7-12-31)41-22-39(38-21-32-13-10-16-36-35-14-8-9-15-37(35)50(53)48(47(32)36)51(38)65)55(4)25-33(28-60-52(57)58)49-42(56(41,55)66)24-43(62)40-23-44(63)45(64)27-54(40,49)3/h5-7,11-12,19-20,24,30,32-35,38-41,44-46,48-49,51,63-66H,8-10,13-18,21-23,25-29H2,1-4H3,(H4,57,58,60). The van der Waals surface area contributed by atoms with Gasteiger partial charge in [-0.2, -0.15) is 0 Å². The van der Waals surface area contributed by atoms with Gasteiger partial charge in [0.15, 0.2) is 11.7 Å². The quantitative estimate of drug-likeness (QED) is 0.0710. The number of nitrogens with two attached hydrogens (primary N) is 2. The number of carbonyl (C=O) groups is 1. The van der Waals surface area contributed by atoms with E-state index in [1.54, 1.807) is 16.7 Å². The maximum absolute atomic E-state index is 14.9. The van der Waals surface area contributed by atoms with Gasteiger partial charge in [0.05, 0.1) is 30.2 Å². The third-order valence-electron chi connectivity index (χ3n) is 20.5. The topological polar surface area (TPSA) is 180 Å². The van der Waals surface area contributed by atoms with Crippen LogP contribution >= 0.6 is 21.6 Å². The Bertz CT molecular complexity index is 2380. The fourth-order valence-corrected chi connectivity index (χ4v) is 21.2. The third kappa shape index (κ3) is 7.43. The predicted molar refractivity (Wildman–Crippen MR) is 272 cm³/mol. The summed E-state index contributed by atoms with van der Waals surface area (Å²) in [5, 5.41) is 51.3. The Labute approximate surface area is 412 Å². The van der Waals surface area contributed by atoms with Crippen LogP contribution in [0.1, 0.15) is 129 Å². The number of allylic oxidation sites excluding steroid dienone is 3. The highest BCUT2D eigenvalue weighted by Gasteiger charge is 2.74. The van der Waals surface area contributed by atoms with Gasteiger partial charge < -0.3 is 36.5 Å². The Kier molecular flexibility index (Phi) is 12.4. The largest absolute Gasteiger partial charge is 0.392 e. The van der Waals surface area contributed by atoms with Crippen molar-refractivity contribution in [2.24, 2.45) is 86.0 Å². The lowest BCUT2D eigenvalue weighted by Crippen LogP contribution is -2.66. The van der Waals surface area contributed by atoms with Gasteiger partial charge in [-0.05, 0) is 148 Å². The van der Waals surface area contributed by atoms with E-state index in [4.69, 9.17) is 16.5 Å². The number of carbonyl (C=O) groups excluding carboxylic acids is 1. The zero-order valence-corrected chi connectivity index (χ0v) is 42.4. The fourth-order valence-electron chi connectivity index (χ4n) is 17.9. The van der Waals surface area contributed by atoms with Crippen molar-refractivity contribution in [1.29, 1.82) is 0 Å². The average molecular weight is 964 g/mol. The van der Waals surface area contributed by atoms with Gasteiger partial charge in [-0.1, -0.05) is 108 Å². The predicted octanol–water partition coefficient (Wildman–Crippen LogP) is 8.76. The van der Waals surface area contributed by atoms with E-state index >= 15 is 0 Å². The fraction of sp³-hybridized carbons (Fsp3) is 0.696. The van der Waals surface area contributed by atoms with Crippen molar-refractivity contribution in [3.05, 3.63) is 88.6 Å². The lowest BCUT2D eigenvalue weighted by atomic mass is 9.42. The van der Waals surface area contributed by atoms with Crippen LogP contribution in [-0.4, -0.2) is 83.2 Å². The highest BCUT2D eigenvalue weighted by molar-refractivity contribution is 8.76. The Morgan fingerprint density at radius 1 is 0.926 bits per heavy atom. The van der Waals surface area contributed by atoms with Gasteiger partial charge in [0, 0.05) is 65.1 Å². The van der Waals surface area contributed by atoms with Crippen molar-refractivity contribution < 1.29 is 25.2 Å². The van der Waals surface area contributed by atoms with Crippen LogP contribution in [0.5, 0.6) is 0 Å². The lowest BCUT2D eigenvalue weighted by molar-refractivity contribution is -0.172. The summed E-state index contributed by atoms with van der Waals surface area (Å²) in [6, 6.07) is 10.9. The minimum atomic E-state index is -1.41. The summed E-state index contributed by atoms with van der Waals surface area (Å²) in [6.45, 7) is 9.75. The zero-order valence-electron chi connectivity index (χ0n) is 40.8. The molecule has 6 fully saturated rings. The molecule has 2 heterocycles. The number of aliphatic hydroxyl groups is 4. The van der Waals surface area contributed by atoms with Crippen molar-refractivity contribution >= 4 is 33.3 Å². The van der Waals surface area contributed by atoms with Gasteiger partial charge in [-0.25, -0.2) is 4.98 Å². The number of aliphatic hydroxyl groups excluding tert-OH is 3. The molecule has 68 heavy (non-hydrogen) atoms. The Morgan fingerprint density at radius 3 is 2.49 bits per heavy atom. The highest BCUT2D eigenvalue weighted by atomic mass is 33.1. The molecule has 10 nitrogen and oxygen atoms in total. The van der Waals surface area contributed by atoms with Crippen LogP contribution in [0.4, 0.5) is 0 Å². The van der Waals surface area contributed by atoms with E-state index in [1.165, 1.54) is 36.8 Å². The summed E-state index contributed by atoms with van der Waals surface area (Å²) in [6.07, 6.45) is 18.8.